The van der Waals surface area contributed by atoms with Gasteiger partial charge in [-0.15, -0.1) is 0 Å². The fourth-order valence-electron chi connectivity index (χ4n) is 2.74. The van der Waals surface area contributed by atoms with Gasteiger partial charge in [-0.1, -0.05) is 12.8 Å². The molecular formula is C15H18F3NO2. The van der Waals surface area contributed by atoms with Crippen LogP contribution in [0.4, 0.5) is 13.2 Å². The fourth-order valence-corrected chi connectivity index (χ4v) is 2.74. The molecule has 1 aromatic rings. The third-order valence-electron chi connectivity index (χ3n) is 3.88. The predicted molar refractivity (Wildman–Crippen MR) is 70.9 cm³/mol. The monoisotopic (exact) mass is 301 g/mol. The molecule has 3 nitrogen and oxygen atoms in total. The van der Waals surface area contributed by atoms with Gasteiger partial charge < -0.3 is 10.4 Å². The standard InChI is InChI=1S/C15H18F3NO2/c16-11-6-10(7-12(17)15(11)18)13(8-20)19-14(21)5-9-3-1-2-4-9/h6-7,9,13,20H,1-5,8H2,(H,19,21). The Bertz CT molecular complexity index is 493. The highest BCUT2D eigenvalue weighted by molar-refractivity contribution is 5.76. The number of aliphatic hydroxyl groups excluding tert-OH is 1. The Morgan fingerprint density at radius 2 is 1.81 bits per heavy atom. The van der Waals surface area contributed by atoms with Crippen molar-refractivity contribution < 1.29 is 23.1 Å². The van der Waals surface area contributed by atoms with E-state index in [1.165, 1.54) is 0 Å². The predicted octanol–water partition coefficient (Wildman–Crippen LogP) is 2.83. The SMILES string of the molecule is O=C(CC1CCCC1)NC(CO)c1cc(F)c(F)c(F)c1. The van der Waals surface area contributed by atoms with Crippen LogP contribution in [-0.4, -0.2) is 17.6 Å². The lowest BCUT2D eigenvalue weighted by atomic mass is 10.0. The zero-order chi connectivity index (χ0) is 15.4. The Labute approximate surface area is 121 Å². The highest BCUT2D eigenvalue weighted by atomic mass is 19.2. The molecule has 1 aromatic carbocycles. The van der Waals surface area contributed by atoms with Gasteiger partial charge in [-0.2, -0.15) is 0 Å². The van der Waals surface area contributed by atoms with E-state index >= 15 is 0 Å². The van der Waals surface area contributed by atoms with E-state index in [1.807, 2.05) is 0 Å². The van der Waals surface area contributed by atoms with Crippen molar-refractivity contribution in [2.75, 3.05) is 6.61 Å². The van der Waals surface area contributed by atoms with E-state index in [2.05, 4.69) is 5.32 Å². The normalized spacial score (nSPS) is 17.0. The van der Waals surface area contributed by atoms with Crippen molar-refractivity contribution in [2.24, 2.45) is 5.92 Å². The molecule has 0 aliphatic heterocycles. The molecule has 0 heterocycles. The van der Waals surface area contributed by atoms with E-state index in [0.29, 0.717) is 12.3 Å². The van der Waals surface area contributed by atoms with Crippen LogP contribution in [0.25, 0.3) is 0 Å². The van der Waals surface area contributed by atoms with E-state index in [1.54, 1.807) is 0 Å². The number of amides is 1. The molecule has 1 aliphatic rings. The van der Waals surface area contributed by atoms with Gasteiger partial charge in [0.2, 0.25) is 5.91 Å². The summed E-state index contributed by atoms with van der Waals surface area (Å²) in [6.45, 7) is -0.513. The van der Waals surface area contributed by atoms with Crippen LogP contribution in [0.5, 0.6) is 0 Å². The molecule has 6 heteroatoms. The van der Waals surface area contributed by atoms with Crippen LogP contribution in [-0.2, 0) is 4.79 Å². The van der Waals surface area contributed by atoms with Gasteiger partial charge in [0.25, 0.3) is 0 Å². The Balaban J connectivity index is 2.03. The molecule has 0 radical (unpaired) electrons. The molecule has 0 spiro atoms. The van der Waals surface area contributed by atoms with E-state index in [-0.39, 0.29) is 11.5 Å². The van der Waals surface area contributed by atoms with Gasteiger partial charge >= 0.3 is 0 Å². The minimum absolute atomic E-state index is 0.00803. The molecule has 1 amide bonds. The molecule has 0 saturated heterocycles. The summed E-state index contributed by atoms with van der Waals surface area (Å²) < 4.78 is 39.3. The summed E-state index contributed by atoms with van der Waals surface area (Å²) >= 11 is 0. The summed E-state index contributed by atoms with van der Waals surface area (Å²) in [6, 6.07) is 0.633. The van der Waals surface area contributed by atoms with Gasteiger partial charge in [0.05, 0.1) is 12.6 Å². The minimum atomic E-state index is -1.56. The van der Waals surface area contributed by atoms with Gasteiger partial charge in [-0.25, -0.2) is 13.2 Å². The topological polar surface area (TPSA) is 49.3 Å². The lowest BCUT2D eigenvalue weighted by molar-refractivity contribution is -0.123. The number of benzene rings is 1. The first kappa shape index (κ1) is 15.8. The summed E-state index contributed by atoms with van der Waals surface area (Å²) in [4.78, 5) is 11.9. The number of carbonyl (C=O) groups is 1. The van der Waals surface area contributed by atoms with Gasteiger partial charge in [0.1, 0.15) is 0 Å². The summed E-state index contributed by atoms with van der Waals surface area (Å²) in [5, 5.41) is 11.8. The van der Waals surface area contributed by atoms with E-state index < -0.39 is 30.1 Å². The Hall–Kier alpha value is -1.56. The average molecular weight is 301 g/mol. The van der Waals surface area contributed by atoms with Crippen molar-refractivity contribution in [1.82, 2.24) is 5.32 Å². The molecule has 1 saturated carbocycles. The van der Waals surface area contributed by atoms with Crippen LogP contribution < -0.4 is 5.32 Å². The zero-order valence-electron chi connectivity index (χ0n) is 11.5. The number of hydrogen-bond acceptors (Lipinski definition) is 2. The van der Waals surface area contributed by atoms with Crippen molar-refractivity contribution in [3.8, 4) is 0 Å². The maximum atomic E-state index is 13.2. The molecule has 21 heavy (non-hydrogen) atoms. The second-order valence-corrected chi connectivity index (χ2v) is 5.46. The number of nitrogens with one attached hydrogen (secondary N) is 1. The van der Waals surface area contributed by atoms with Crippen molar-refractivity contribution in [3.05, 3.63) is 35.1 Å². The Morgan fingerprint density at radius 3 is 2.33 bits per heavy atom. The van der Waals surface area contributed by atoms with Crippen molar-refractivity contribution in [1.29, 1.82) is 0 Å². The van der Waals surface area contributed by atoms with Gasteiger partial charge in [-0.05, 0) is 36.5 Å². The van der Waals surface area contributed by atoms with Crippen LogP contribution in [0.3, 0.4) is 0 Å². The molecule has 2 rings (SSSR count). The molecule has 1 fully saturated rings. The van der Waals surface area contributed by atoms with E-state index in [4.69, 9.17) is 0 Å². The molecule has 1 atom stereocenters. The summed E-state index contributed by atoms with van der Waals surface area (Å²) in [6.07, 6.45) is 4.54. The fraction of sp³-hybridized carbons (Fsp3) is 0.533. The number of hydrogen-bond donors (Lipinski definition) is 2. The number of halogens is 3. The maximum Gasteiger partial charge on any atom is 0.220 e. The van der Waals surface area contributed by atoms with E-state index in [9.17, 15) is 23.1 Å². The molecular weight excluding hydrogens is 283 g/mol. The second kappa shape index (κ2) is 6.93. The first-order valence-electron chi connectivity index (χ1n) is 7.06. The van der Waals surface area contributed by atoms with Crippen LogP contribution in [0.2, 0.25) is 0 Å². The summed E-state index contributed by atoms with van der Waals surface area (Å²) in [5.41, 5.74) is 0.00803. The van der Waals surface area contributed by atoms with Crippen LogP contribution in [0.15, 0.2) is 12.1 Å². The molecule has 2 N–H and O–H groups in total. The van der Waals surface area contributed by atoms with Gasteiger partial charge in [-0.3, -0.25) is 4.79 Å². The molecule has 116 valence electrons. The highest BCUT2D eigenvalue weighted by Crippen LogP contribution is 2.28. The van der Waals surface area contributed by atoms with Crippen LogP contribution in [0.1, 0.15) is 43.7 Å². The maximum absolute atomic E-state index is 13.2. The average Bonchev–Trinajstić information content (AvgIpc) is 2.94. The van der Waals surface area contributed by atoms with Crippen molar-refractivity contribution in [3.63, 3.8) is 0 Å². The summed E-state index contributed by atoms with van der Waals surface area (Å²) in [7, 11) is 0. The second-order valence-electron chi connectivity index (χ2n) is 5.46. The molecule has 0 aromatic heterocycles. The lowest BCUT2D eigenvalue weighted by Crippen LogP contribution is -2.32. The Kier molecular flexibility index (Phi) is 5.22. The third-order valence-corrected chi connectivity index (χ3v) is 3.88. The number of aliphatic hydroxyl groups is 1. The number of rotatable bonds is 5. The molecule has 0 bridgehead atoms. The van der Waals surface area contributed by atoms with Gasteiger partial charge in [0.15, 0.2) is 17.5 Å². The largest absolute Gasteiger partial charge is 0.394 e. The first-order valence-corrected chi connectivity index (χ1v) is 7.06. The summed E-state index contributed by atoms with van der Waals surface area (Å²) in [5.74, 6) is -4.19. The zero-order valence-corrected chi connectivity index (χ0v) is 11.5. The minimum Gasteiger partial charge on any atom is -0.394 e. The molecule has 1 aliphatic carbocycles. The van der Waals surface area contributed by atoms with Crippen molar-refractivity contribution in [2.45, 2.75) is 38.1 Å². The highest BCUT2D eigenvalue weighted by Gasteiger charge is 2.22. The van der Waals surface area contributed by atoms with Crippen LogP contribution >= 0.6 is 0 Å². The smallest absolute Gasteiger partial charge is 0.220 e. The van der Waals surface area contributed by atoms with Crippen molar-refractivity contribution >= 4 is 5.91 Å². The quantitative estimate of drug-likeness (QED) is 0.822. The number of carbonyl (C=O) groups excluding carboxylic acids is 1. The van der Waals surface area contributed by atoms with Gasteiger partial charge in [0, 0.05) is 6.42 Å². The lowest BCUT2D eigenvalue weighted by Gasteiger charge is -2.18. The Morgan fingerprint density at radius 1 is 1.24 bits per heavy atom. The van der Waals surface area contributed by atoms with Crippen LogP contribution in [0, 0.1) is 23.4 Å². The third kappa shape index (κ3) is 3.97. The first-order chi connectivity index (χ1) is 10.0. The van der Waals surface area contributed by atoms with E-state index in [0.717, 1.165) is 37.8 Å². The molecule has 1 unspecified atom stereocenters.